The molecule has 34 nitrogen and oxygen atoms in total. The number of fused-ring (bicyclic) bond motifs is 1. The van der Waals surface area contributed by atoms with Crippen LogP contribution in [0.4, 0.5) is 0 Å². The molecular formula is C64H93N13O21. The maximum Gasteiger partial charge on any atom is 0.329 e. The maximum absolute atomic E-state index is 14.9. The molecule has 15 N–H and O–H groups in total. The zero-order chi connectivity index (χ0) is 73.7. The molecule has 3 rings (SSSR count). The van der Waals surface area contributed by atoms with Crippen molar-refractivity contribution < 1.29 is 102 Å². The van der Waals surface area contributed by atoms with Gasteiger partial charge in [0.2, 0.25) is 76.8 Å². The number of nitrogens with one attached hydrogen (secondary N) is 10. The van der Waals surface area contributed by atoms with Gasteiger partial charge in [0.1, 0.15) is 66.5 Å². The molecule has 0 radical (unpaired) electrons. The minimum absolute atomic E-state index is 0.0452. The number of rotatable bonds is 30. The number of hydrogen-bond acceptors (Lipinski definition) is 18. The first-order chi connectivity index (χ1) is 46.0. The number of carboxylic acid groups (broad SMARTS) is 3. The number of benzene rings is 1. The number of carbonyl (C=O) groups is 17. The molecule has 0 bridgehead atoms. The topological polar surface area (TPSA) is 513 Å². The van der Waals surface area contributed by atoms with Crippen molar-refractivity contribution in [3.8, 4) is 0 Å². The first-order valence-corrected chi connectivity index (χ1v) is 32.1. The molecular weight excluding hydrogens is 1290 g/mol. The second-order valence-corrected chi connectivity index (χ2v) is 24.7. The number of cyclic esters (lactones) is 1. The molecule has 2 fully saturated rings. The summed E-state index contributed by atoms with van der Waals surface area (Å²) in [6, 6.07) is -9.34. The number of esters is 1. The Morgan fingerprint density at radius 1 is 0.684 bits per heavy atom. The first-order valence-electron chi connectivity index (χ1n) is 32.1. The highest BCUT2D eigenvalue weighted by molar-refractivity contribution is 6.01. The number of likely N-dealkylation sites (N-methyl/N-ethyl adjacent to an activating group) is 1. The molecule has 2 aliphatic rings. The van der Waals surface area contributed by atoms with Crippen molar-refractivity contribution in [2.45, 2.75) is 193 Å². The van der Waals surface area contributed by atoms with E-state index in [2.05, 4.69) is 67.0 Å². The van der Waals surface area contributed by atoms with Crippen molar-refractivity contribution >= 4 is 101 Å². The summed E-state index contributed by atoms with van der Waals surface area (Å²) in [7, 11) is 1.10. The van der Waals surface area contributed by atoms with E-state index in [1.165, 1.54) is 26.8 Å². The molecule has 1 aromatic rings. The number of allylic oxidation sites excluding steroid dienone is 3. The van der Waals surface area contributed by atoms with Crippen LogP contribution in [-0.2, 0) is 92.7 Å². The molecule has 98 heavy (non-hydrogen) atoms. The Hall–Kier alpha value is -10.3. The molecule has 13 amide bonds. The third-order valence-corrected chi connectivity index (χ3v) is 15.9. The highest BCUT2D eigenvalue weighted by Crippen LogP contribution is 2.23. The molecule has 0 saturated carbocycles. The van der Waals surface area contributed by atoms with Gasteiger partial charge in [0.15, 0.2) is 0 Å². The Bertz CT molecular complexity index is 3140. The number of primary amides is 1. The molecule has 0 aromatic heterocycles. The van der Waals surface area contributed by atoms with Crippen molar-refractivity contribution in [3.63, 3.8) is 0 Å². The lowest BCUT2D eigenvalue weighted by molar-refractivity contribution is -0.162. The van der Waals surface area contributed by atoms with E-state index < -0.39 is 224 Å². The summed E-state index contributed by atoms with van der Waals surface area (Å²) in [6.45, 7) is 11.0. The van der Waals surface area contributed by atoms with Gasteiger partial charge in [0.25, 0.3) is 0 Å². The van der Waals surface area contributed by atoms with Crippen molar-refractivity contribution in [3.05, 3.63) is 60.2 Å². The first kappa shape index (κ1) is 81.9. The summed E-state index contributed by atoms with van der Waals surface area (Å²) in [5, 5.41) is 52.9. The van der Waals surface area contributed by atoms with Crippen LogP contribution >= 0.6 is 0 Å². The number of aliphatic carboxylic acids is 3. The monoisotopic (exact) mass is 1380 g/mol. The van der Waals surface area contributed by atoms with E-state index >= 15 is 0 Å². The quantitative estimate of drug-likeness (QED) is 0.0208. The zero-order valence-electron chi connectivity index (χ0n) is 56.3. The molecule has 0 spiro atoms. The lowest BCUT2D eigenvalue weighted by Crippen LogP contribution is -2.63. The number of carbonyl (C=O) groups excluding carboxylic acids is 14. The summed E-state index contributed by atoms with van der Waals surface area (Å²) in [5.74, 6) is -21.1. The normalized spacial score (nSPS) is 21.2. The highest BCUT2D eigenvalue weighted by atomic mass is 16.5. The van der Waals surface area contributed by atoms with E-state index in [4.69, 9.17) is 10.5 Å². The molecule has 2 heterocycles. The average molecular weight is 1380 g/mol. The van der Waals surface area contributed by atoms with Crippen LogP contribution in [0.5, 0.6) is 0 Å². The van der Waals surface area contributed by atoms with Crippen LogP contribution in [0.3, 0.4) is 0 Å². The summed E-state index contributed by atoms with van der Waals surface area (Å²) >= 11 is 0. The van der Waals surface area contributed by atoms with Crippen LogP contribution in [0.25, 0.3) is 0 Å². The van der Waals surface area contributed by atoms with Gasteiger partial charge in [-0.2, -0.15) is 0 Å². The smallest absolute Gasteiger partial charge is 0.329 e. The lowest BCUT2D eigenvalue weighted by atomic mass is 9.96. The summed E-state index contributed by atoms with van der Waals surface area (Å²) in [4.78, 5) is 231. The van der Waals surface area contributed by atoms with Crippen molar-refractivity contribution in [2.75, 3.05) is 26.7 Å². The van der Waals surface area contributed by atoms with Crippen LogP contribution in [-0.4, -0.2) is 219 Å². The SMILES string of the molecule is CC[C@H](C)[C@H](NC(=O)[C@H](CC(N)=O)NC(=O)/C=C\C=C\CCC(C)C)C(=O)N[C@H](Cc1ccccc1)C(=O)N[C@H](CC(=O)O)C(=O)N[C@@H](CC(=O)O)C(=O)N[C@@H]1C(=O)N(C)[C@H](C(C)C)C(=O)NCC(=O)NCC(=O)N[C@H](CCC(=O)O)C(=O)N[C@@H](C)C(=O)N2CCC[C@H]2C(=O)O[C@@H]1C. The van der Waals surface area contributed by atoms with Crippen LogP contribution in [0, 0.1) is 17.8 Å². The van der Waals surface area contributed by atoms with Gasteiger partial charge in [-0.15, -0.1) is 0 Å². The second-order valence-electron chi connectivity index (χ2n) is 24.7. The van der Waals surface area contributed by atoms with Gasteiger partial charge in [0, 0.05) is 32.5 Å². The van der Waals surface area contributed by atoms with E-state index in [0.29, 0.717) is 11.5 Å². The fraction of sp³-hybridized carbons (Fsp3) is 0.578. The molecule has 1 aromatic carbocycles. The Kier molecular flexibility index (Phi) is 33.7. The van der Waals surface area contributed by atoms with Gasteiger partial charge >= 0.3 is 23.9 Å². The van der Waals surface area contributed by atoms with Gasteiger partial charge in [-0.05, 0) is 69.3 Å². The highest BCUT2D eigenvalue weighted by Gasteiger charge is 2.44. The number of ether oxygens (including phenoxy) is 1. The van der Waals surface area contributed by atoms with Crippen LogP contribution in [0.15, 0.2) is 54.6 Å². The van der Waals surface area contributed by atoms with E-state index in [0.717, 1.165) is 42.7 Å². The van der Waals surface area contributed by atoms with Crippen LogP contribution in [0.1, 0.15) is 125 Å². The Morgan fingerprint density at radius 3 is 1.85 bits per heavy atom. The summed E-state index contributed by atoms with van der Waals surface area (Å²) in [5.41, 5.74) is 5.85. The number of nitrogens with two attached hydrogens (primary N) is 1. The zero-order valence-corrected chi connectivity index (χ0v) is 56.3. The number of nitrogens with zero attached hydrogens (tertiary/aromatic N) is 2. The van der Waals surface area contributed by atoms with Gasteiger partial charge < -0.3 is 88.8 Å². The molecule has 2 saturated heterocycles. The third kappa shape index (κ3) is 27.4. The Balaban J connectivity index is 2.06. The van der Waals surface area contributed by atoms with Gasteiger partial charge in [-0.1, -0.05) is 96.5 Å². The summed E-state index contributed by atoms with van der Waals surface area (Å²) < 4.78 is 5.77. The minimum Gasteiger partial charge on any atom is -0.481 e. The van der Waals surface area contributed by atoms with Crippen molar-refractivity contribution in [1.82, 2.24) is 63.0 Å². The van der Waals surface area contributed by atoms with Crippen molar-refractivity contribution in [1.29, 1.82) is 0 Å². The van der Waals surface area contributed by atoms with Gasteiger partial charge in [0.05, 0.1) is 32.4 Å². The number of hydrogen-bond donors (Lipinski definition) is 14. The minimum atomic E-state index is -2.27. The number of carboxylic acids is 3. The third-order valence-electron chi connectivity index (χ3n) is 15.9. The van der Waals surface area contributed by atoms with E-state index in [9.17, 15) is 96.8 Å². The van der Waals surface area contributed by atoms with Crippen molar-refractivity contribution in [2.24, 2.45) is 23.5 Å². The van der Waals surface area contributed by atoms with Crippen LogP contribution in [0.2, 0.25) is 0 Å². The van der Waals surface area contributed by atoms with E-state index in [1.807, 2.05) is 6.08 Å². The largest absolute Gasteiger partial charge is 0.481 e. The maximum atomic E-state index is 14.9. The predicted octanol–water partition coefficient (Wildman–Crippen LogP) is -2.94. The summed E-state index contributed by atoms with van der Waals surface area (Å²) in [6.07, 6.45) is 1.53. The molecule has 2 aliphatic heterocycles. The van der Waals surface area contributed by atoms with Crippen LogP contribution < -0.4 is 58.9 Å². The second kappa shape index (κ2) is 40.3. The standard InChI is InChI=1S/C64H93N13O21/c1-10-35(6)52(74-58(91)41(28-45(65)78)70-46(79)23-17-12-11-14-19-33(2)3)60(93)73-40(27-38-20-15-13-16-21-38)56(89)71-42(29-50(84)85)57(90)72-43(30-51(86)87)59(92)75-53-37(8)98-64(97)44-22-18-26-77(44)62(95)36(7)68-55(88)39(24-25-49(82)83)69-48(81)32-66-47(80)31-67-61(94)54(34(4)5)76(9)63(53)96/h11-13,15-17,20-21,23,33-37,39-44,52-54H,10,14,18-19,22,24-32H2,1-9H3,(H2,65,78)(H,66,80)(H,67,94)(H,68,88)(H,69,81)(H,70,79)(H,71,89)(H,72,90)(H,73,93)(H,74,91)(H,75,92)(H,82,83)(H,84,85)(H,86,87)/b12-11+,23-17-/t35-,36-,37+,39+,40+,41-,42+,43-,44-,52-,53-,54+/m0/s1. The molecule has 0 unspecified atom stereocenters. The lowest BCUT2D eigenvalue weighted by Gasteiger charge is -2.35. The predicted molar refractivity (Wildman–Crippen MR) is 346 cm³/mol. The van der Waals surface area contributed by atoms with Gasteiger partial charge in [-0.25, -0.2) is 4.79 Å². The average Bonchev–Trinajstić information content (AvgIpc) is 1.26. The molecule has 34 heteroatoms. The van der Waals surface area contributed by atoms with Gasteiger partial charge in [-0.3, -0.25) is 76.7 Å². The van der Waals surface area contributed by atoms with E-state index in [-0.39, 0.29) is 32.2 Å². The fourth-order valence-electron chi connectivity index (χ4n) is 10.4. The molecule has 12 atom stereocenters. The fourth-order valence-corrected chi connectivity index (χ4v) is 10.4. The van der Waals surface area contributed by atoms with E-state index in [1.54, 1.807) is 50.3 Å². The Labute approximate surface area is 566 Å². The number of amides is 13. The Morgan fingerprint density at radius 2 is 1.27 bits per heavy atom. The molecule has 540 valence electrons. The molecule has 0 aliphatic carbocycles.